The quantitative estimate of drug-likeness (QED) is 0.769. The third-order valence-electron chi connectivity index (χ3n) is 5.79. The number of Topliss-reactive ketones (excluding diaryl/α,β-unsaturated/α-hetero) is 1. The molecule has 0 bridgehead atoms. The van der Waals surface area contributed by atoms with Gasteiger partial charge in [0.15, 0.2) is 5.78 Å². The number of allylic oxidation sites excluding steroid dienone is 2. The number of hydrogen-bond donors (Lipinski definition) is 1. The van der Waals surface area contributed by atoms with Crippen LogP contribution in [0.3, 0.4) is 0 Å². The lowest BCUT2D eigenvalue weighted by Crippen LogP contribution is -2.38. The zero-order valence-corrected chi connectivity index (χ0v) is 17.4. The van der Waals surface area contributed by atoms with Gasteiger partial charge in [-0.15, -0.1) is 0 Å². The number of nitrogens with one attached hydrogen (secondary N) is 1. The molecule has 0 saturated heterocycles. The van der Waals surface area contributed by atoms with Crippen molar-refractivity contribution in [2.45, 2.75) is 44.9 Å². The lowest BCUT2D eigenvalue weighted by Gasteiger charge is -2.34. The summed E-state index contributed by atoms with van der Waals surface area (Å²) in [7, 11) is 0. The summed E-state index contributed by atoms with van der Waals surface area (Å²) in [4.78, 5) is 25.6. The molecule has 2 atom stereocenters. The molecule has 2 aromatic rings. The number of hydrogen-bond acceptors (Lipinski definition) is 4. The van der Waals surface area contributed by atoms with Gasteiger partial charge in [0, 0.05) is 30.0 Å². The van der Waals surface area contributed by atoms with E-state index in [0.717, 1.165) is 33.9 Å². The van der Waals surface area contributed by atoms with Crippen LogP contribution in [0.15, 0.2) is 59.8 Å². The van der Waals surface area contributed by atoms with Crippen molar-refractivity contribution >= 4 is 11.7 Å². The van der Waals surface area contributed by atoms with Crippen LogP contribution >= 0.6 is 0 Å². The molecule has 0 saturated carbocycles. The van der Waals surface area contributed by atoms with Crippen molar-refractivity contribution < 1.29 is 19.1 Å². The summed E-state index contributed by atoms with van der Waals surface area (Å²) < 4.78 is 11.0. The molecular formula is C25H27NO4. The second-order valence-electron chi connectivity index (χ2n) is 7.73. The number of ketones is 1. The molecule has 0 aromatic heterocycles. The van der Waals surface area contributed by atoms with E-state index in [0.29, 0.717) is 32.5 Å². The predicted octanol–water partition coefficient (Wildman–Crippen LogP) is 4.49. The Kier molecular flexibility index (Phi) is 5.88. The minimum Gasteiger partial charge on any atom is -0.494 e. The van der Waals surface area contributed by atoms with Crippen molar-refractivity contribution in [2.24, 2.45) is 0 Å². The highest BCUT2D eigenvalue weighted by Gasteiger charge is 2.38. The molecule has 1 aliphatic heterocycles. The number of amides is 1. The number of ether oxygens (including phenoxy) is 2. The van der Waals surface area contributed by atoms with E-state index in [1.54, 1.807) is 0 Å². The lowest BCUT2D eigenvalue weighted by molar-refractivity contribution is -0.122. The molecular weight excluding hydrogens is 378 g/mol. The van der Waals surface area contributed by atoms with Gasteiger partial charge in [0.2, 0.25) is 5.91 Å². The van der Waals surface area contributed by atoms with E-state index < -0.39 is 0 Å². The molecule has 1 amide bonds. The average molecular weight is 405 g/mol. The van der Waals surface area contributed by atoms with Gasteiger partial charge in [0.25, 0.3) is 0 Å². The molecule has 30 heavy (non-hydrogen) atoms. The summed E-state index contributed by atoms with van der Waals surface area (Å²) >= 11 is 0. The predicted molar refractivity (Wildman–Crippen MR) is 115 cm³/mol. The first-order chi connectivity index (χ1) is 14.6. The van der Waals surface area contributed by atoms with Crippen molar-refractivity contribution in [1.29, 1.82) is 0 Å². The topological polar surface area (TPSA) is 64.6 Å². The zero-order chi connectivity index (χ0) is 21.1. The summed E-state index contributed by atoms with van der Waals surface area (Å²) in [6.45, 7) is 5.12. The molecule has 1 heterocycles. The molecule has 0 spiro atoms. The fraction of sp³-hybridized carbons (Fsp3) is 0.360. The molecule has 1 N–H and O–H groups in total. The van der Waals surface area contributed by atoms with Crippen molar-refractivity contribution in [3.05, 3.63) is 70.9 Å². The van der Waals surface area contributed by atoms with Gasteiger partial charge in [0.1, 0.15) is 11.5 Å². The zero-order valence-electron chi connectivity index (χ0n) is 17.4. The first-order valence-corrected chi connectivity index (χ1v) is 10.6. The van der Waals surface area contributed by atoms with E-state index >= 15 is 0 Å². The van der Waals surface area contributed by atoms with Crippen molar-refractivity contribution in [1.82, 2.24) is 5.32 Å². The average Bonchev–Trinajstić information content (AvgIpc) is 2.74. The van der Waals surface area contributed by atoms with E-state index in [-0.39, 0.29) is 23.5 Å². The second-order valence-corrected chi connectivity index (χ2v) is 7.73. The molecule has 1 aliphatic carbocycles. The fourth-order valence-corrected chi connectivity index (χ4v) is 4.45. The van der Waals surface area contributed by atoms with Crippen molar-refractivity contribution in [3.63, 3.8) is 0 Å². The van der Waals surface area contributed by atoms with Gasteiger partial charge in [-0.3, -0.25) is 9.59 Å². The maximum Gasteiger partial charge on any atom is 0.225 e. The molecule has 5 heteroatoms. The minimum absolute atomic E-state index is 0.0345. The number of carbonyl (C=O) groups excluding carboxylic acids is 2. The minimum atomic E-state index is -0.196. The van der Waals surface area contributed by atoms with E-state index in [1.807, 2.05) is 62.4 Å². The Morgan fingerprint density at radius 2 is 1.37 bits per heavy atom. The maximum atomic E-state index is 13.2. The van der Waals surface area contributed by atoms with Crippen LogP contribution < -0.4 is 14.8 Å². The first kappa shape index (κ1) is 20.2. The highest BCUT2D eigenvalue weighted by Crippen LogP contribution is 2.42. The highest BCUT2D eigenvalue weighted by atomic mass is 16.5. The number of carbonyl (C=O) groups is 2. The Hall–Kier alpha value is -3.08. The molecule has 156 valence electrons. The SMILES string of the molecule is CCOc1ccc(C2CC(=O)C3=C(C2)NC(=O)CC3c2ccc(OCC)cc2)cc1. The smallest absolute Gasteiger partial charge is 0.225 e. The van der Waals surface area contributed by atoms with Crippen LogP contribution in [0.1, 0.15) is 56.1 Å². The third-order valence-corrected chi connectivity index (χ3v) is 5.79. The Morgan fingerprint density at radius 3 is 1.93 bits per heavy atom. The molecule has 4 rings (SSSR count). The summed E-state index contributed by atoms with van der Waals surface area (Å²) in [5.41, 5.74) is 3.62. The van der Waals surface area contributed by atoms with Crippen LogP contribution in [-0.4, -0.2) is 24.9 Å². The van der Waals surface area contributed by atoms with E-state index in [2.05, 4.69) is 5.32 Å². The summed E-state index contributed by atoms with van der Waals surface area (Å²) in [5.74, 6) is 1.57. The van der Waals surface area contributed by atoms with Gasteiger partial charge in [-0.1, -0.05) is 24.3 Å². The van der Waals surface area contributed by atoms with E-state index in [4.69, 9.17) is 9.47 Å². The number of benzene rings is 2. The summed E-state index contributed by atoms with van der Waals surface area (Å²) in [6.07, 6.45) is 1.41. The molecule has 0 fully saturated rings. The van der Waals surface area contributed by atoms with Crippen molar-refractivity contribution in [3.8, 4) is 11.5 Å². The second kappa shape index (κ2) is 8.74. The Bertz CT molecular complexity index is 960. The molecule has 0 radical (unpaired) electrons. The van der Waals surface area contributed by atoms with E-state index in [1.165, 1.54) is 0 Å². The van der Waals surface area contributed by atoms with Crippen LogP contribution in [0, 0.1) is 0 Å². The normalized spacial score (nSPS) is 21.1. The van der Waals surface area contributed by atoms with Gasteiger partial charge in [-0.25, -0.2) is 0 Å². The van der Waals surface area contributed by atoms with Crippen LogP contribution in [0.4, 0.5) is 0 Å². The highest BCUT2D eigenvalue weighted by molar-refractivity contribution is 6.02. The van der Waals surface area contributed by atoms with Gasteiger partial charge in [-0.2, -0.15) is 0 Å². The van der Waals surface area contributed by atoms with E-state index in [9.17, 15) is 9.59 Å². The third kappa shape index (κ3) is 4.11. The molecule has 2 aromatic carbocycles. The van der Waals surface area contributed by atoms with Gasteiger partial charge in [-0.05, 0) is 61.6 Å². The molecule has 2 unspecified atom stereocenters. The molecule has 2 aliphatic rings. The monoisotopic (exact) mass is 405 g/mol. The summed E-state index contributed by atoms with van der Waals surface area (Å²) in [5, 5.41) is 2.98. The Balaban J connectivity index is 1.60. The van der Waals surface area contributed by atoms with Crippen molar-refractivity contribution in [2.75, 3.05) is 13.2 Å². The summed E-state index contributed by atoms with van der Waals surface area (Å²) in [6, 6.07) is 15.6. The van der Waals surface area contributed by atoms with Gasteiger partial charge in [0.05, 0.1) is 13.2 Å². The maximum absolute atomic E-state index is 13.2. The Morgan fingerprint density at radius 1 is 0.800 bits per heavy atom. The van der Waals surface area contributed by atoms with Crippen LogP contribution in [0.25, 0.3) is 0 Å². The van der Waals surface area contributed by atoms with Gasteiger partial charge >= 0.3 is 0 Å². The van der Waals surface area contributed by atoms with Gasteiger partial charge < -0.3 is 14.8 Å². The fourth-order valence-electron chi connectivity index (χ4n) is 4.45. The standard InChI is InChI=1S/C25H27NO4/c1-3-29-19-9-5-16(6-10-19)18-13-22-25(23(27)14-18)21(15-24(28)26-22)17-7-11-20(12-8-17)30-4-2/h5-12,18,21H,3-4,13-15H2,1-2H3,(H,26,28). The van der Waals surface area contributed by atoms with Crippen LogP contribution in [0.5, 0.6) is 11.5 Å². The first-order valence-electron chi connectivity index (χ1n) is 10.6. The largest absolute Gasteiger partial charge is 0.494 e. The Labute approximate surface area is 177 Å². The number of rotatable bonds is 6. The molecule has 5 nitrogen and oxygen atoms in total. The van der Waals surface area contributed by atoms with Crippen LogP contribution in [-0.2, 0) is 9.59 Å². The van der Waals surface area contributed by atoms with Crippen LogP contribution in [0.2, 0.25) is 0 Å². The lowest BCUT2D eigenvalue weighted by atomic mass is 9.73.